The normalized spacial score (nSPS) is 19.6. The molecule has 1 amide bonds. The molecule has 3 aromatic rings. The Labute approximate surface area is 185 Å². The summed E-state index contributed by atoms with van der Waals surface area (Å²) in [5, 5.41) is 10.0. The van der Waals surface area contributed by atoms with Gasteiger partial charge in [0.05, 0.1) is 4.90 Å². The molecular weight excluding hydrogens is 435 g/mol. The molecule has 1 saturated heterocycles. The third kappa shape index (κ3) is 4.71. The standard InChI is InChI=1S/C22H23FN4O4S/c1-14-10-15(2)13-27(12-14)32(29,30)19-8-6-16(7-9-19)20(28)24-22-26-25-21(31-22)17-4-3-5-18(23)11-17/h3-9,11,14-15H,10,12-13H2,1-2H3,(H,24,26,28). The number of amides is 1. The lowest BCUT2D eigenvalue weighted by Gasteiger charge is -2.34. The monoisotopic (exact) mass is 458 g/mol. The van der Waals surface area contributed by atoms with E-state index in [2.05, 4.69) is 15.5 Å². The number of aromatic nitrogens is 2. The second-order valence-corrected chi connectivity index (χ2v) is 10.1. The lowest BCUT2D eigenvalue weighted by atomic mass is 9.94. The van der Waals surface area contributed by atoms with Gasteiger partial charge in [-0.25, -0.2) is 12.8 Å². The van der Waals surface area contributed by atoms with Crippen LogP contribution in [-0.4, -0.2) is 41.9 Å². The van der Waals surface area contributed by atoms with Gasteiger partial charge in [-0.1, -0.05) is 25.0 Å². The van der Waals surface area contributed by atoms with E-state index in [4.69, 9.17) is 4.42 Å². The van der Waals surface area contributed by atoms with Crippen LogP contribution in [0.3, 0.4) is 0 Å². The first kappa shape index (κ1) is 22.1. The highest BCUT2D eigenvalue weighted by Gasteiger charge is 2.31. The van der Waals surface area contributed by atoms with Crippen molar-refractivity contribution < 1.29 is 22.0 Å². The minimum absolute atomic E-state index is 0.0613. The van der Waals surface area contributed by atoms with Crippen molar-refractivity contribution in [3.05, 3.63) is 59.9 Å². The van der Waals surface area contributed by atoms with E-state index in [1.165, 1.54) is 46.8 Å². The molecule has 1 aromatic heterocycles. The van der Waals surface area contributed by atoms with Gasteiger partial charge in [-0.2, -0.15) is 4.31 Å². The molecule has 0 bridgehead atoms. The summed E-state index contributed by atoms with van der Waals surface area (Å²) in [5.74, 6) is -0.333. The fourth-order valence-electron chi connectivity index (χ4n) is 3.91. The molecule has 0 aliphatic carbocycles. The van der Waals surface area contributed by atoms with E-state index >= 15 is 0 Å². The Bertz CT molecular complexity index is 1220. The van der Waals surface area contributed by atoms with Gasteiger partial charge in [-0.3, -0.25) is 10.1 Å². The van der Waals surface area contributed by atoms with E-state index in [0.717, 1.165) is 6.42 Å². The fraction of sp³-hybridized carbons (Fsp3) is 0.318. The van der Waals surface area contributed by atoms with Crippen molar-refractivity contribution in [1.29, 1.82) is 0 Å². The number of nitrogens with zero attached hydrogens (tertiary/aromatic N) is 3. The summed E-state index contributed by atoms with van der Waals surface area (Å²) in [6.07, 6.45) is 1.00. The first-order valence-electron chi connectivity index (χ1n) is 10.2. The number of nitrogens with one attached hydrogen (secondary N) is 1. The molecule has 32 heavy (non-hydrogen) atoms. The zero-order valence-corrected chi connectivity index (χ0v) is 18.5. The third-order valence-electron chi connectivity index (χ3n) is 5.31. The van der Waals surface area contributed by atoms with Crippen LogP contribution in [0.4, 0.5) is 10.4 Å². The number of rotatable bonds is 5. The van der Waals surface area contributed by atoms with Gasteiger partial charge in [-0.15, -0.1) is 5.10 Å². The average Bonchev–Trinajstić information content (AvgIpc) is 3.21. The van der Waals surface area contributed by atoms with E-state index in [0.29, 0.717) is 30.5 Å². The topological polar surface area (TPSA) is 105 Å². The number of anilines is 1. The zero-order valence-electron chi connectivity index (χ0n) is 17.7. The summed E-state index contributed by atoms with van der Waals surface area (Å²) in [6, 6.07) is 11.2. The molecule has 2 unspecified atom stereocenters. The molecule has 1 aliphatic rings. The SMILES string of the molecule is CC1CC(C)CN(S(=O)(=O)c2ccc(C(=O)Nc3nnc(-c4cccc(F)c4)o3)cc2)C1. The number of benzene rings is 2. The number of hydrogen-bond donors (Lipinski definition) is 1. The Hall–Kier alpha value is -3.11. The fourth-order valence-corrected chi connectivity index (χ4v) is 5.59. The predicted molar refractivity (Wildman–Crippen MR) is 116 cm³/mol. The van der Waals surface area contributed by atoms with Crippen LogP contribution in [0.1, 0.15) is 30.6 Å². The van der Waals surface area contributed by atoms with Gasteiger partial charge in [0.1, 0.15) is 5.82 Å². The van der Waals surface area contributed by atoms with Crippen molar-refractivity contribution in [3.8, 4) is 11.5 Å². The molecule has 0 saturated carbocycles. The molecule has 2 heterocycles. The first-order chi connectivity index (χ1) is 15.2. The van der Waals surface area contributed by atoms with Gasteiger partial charge in [0.2, 0.25) is 15.9 Å². The molecule has 8 nitrogen and oxygen atoms in total. The van der Waals surface area contributed by atoms with E-state index in [-0.39, 0.29) is 22.4 Å². The van der Waals surface area contributed by atoms with Gasteiger partial charge in [-0.05, 0) is 60.7 Å². The van der Waals surface area contributed by atoms with Crippen LogP contribution in [0.2, 0.25) is 0 Å². The Morgan fingerprint density at radius 2 is 1.78 bits per heavy atom. The van der Waals surface area contributed by atoms with Gasteiger partial charge in [0.25, 0.3) is 5.91 Å². The van der Waals surface area contributed by atoms with Crippen LogP contribution >= 0.6 is 0 Å². The van der Waals surface area contributed by atoms with Gasteiger partial charge in [0, 0.05) is 24.2 Å². The van der Waals surface area contributed by atoms with Crippen LogP contribution in [0.5, 0.6) is 0 Å². The maximum Gasteiger partial charge on any atom is 0.322 e. The van der Waals surface area contributed by atoms with Gasteiger partial charge >= 0.3 is 6.01 Å². The average molecular weight is 459 g/mol. The van der Waals surface area contributed by atoms with Gasteiger partial charge in [0.15, 0.2) is 0 Å². The molecule has 0 radical (unpaired) electrons. The predicted octanol–water partition coefficient (Wildman–Crippen LogP) is 3.79. The minimum atomic E-state index is -3.63. The molecule has 1 aliphatic heterocycles. The van der Waals surface area contributed by atoms with E-state index in [9.17, 15) is 17.6 Å². The van der Waals surface area contributed by atoms with Crippen molar-refractivity contribution in [2.75, 3.05) is 18.4 Å². The number of hydrogen-bond acceptors (Lipinski definition) is 6. The third-order valence-corrected chi connectivity index (χ3v) is 7.15. The van der Waals surface area contributed by atoms with Crippen LogP contribution in [0.15, 0.2) is 57.8 Å². The van der Waals surface area contributed by atoms with Crippen molar-refractivity contribution in [3.63, 3.8) is 0 Å². The van der Waals surface area contributed by atoms with Gasteiger partial charge < -0.3 is 4.42 Å². The lowest BCUT2D eigenvalue weighted by Crippen LogP contribution is -2.42. The molecule has 4 rings (SSSR count). The second-order valence-electron chi connectivity index (χ2n) is 8.17. The Balaban J connectivity index is 1.46. The van der Waals surface area contributed by atoms with Crippen molar-refractivity contribution >= 4 is 21.9 Å². The number of sulfonamides is 1. The Kier molecular flexibility index (Phi) is 6.07. The molecule has 0 spiro atoms. The lowest BCUT2D eigenvalue weighted by molar-refractivity contribution is 0.102. The van der Waals surface area contributed by atoms with E-state index in [1.54, 1.807) is 6.07 Å². The number of piperidine rings is 1. The van der Waals surface area contributed by atoms with Crippen LogP contribution in [-0.2, 0) is 10.0 Å². The highest BCUT2D eigenvalue weighted by Crippen LogP contribution is 2.27. The van der Waals surface area contributed by atoms with Crippen molar-refractivity contribution in [2.24, 2.45) is 11.8 Å². The summed E-state index contributed by atoms with van der Waals surface area (Å²) in [7, 11) is -3.63. The summed E-state index contributed by atoms with van der Waals surface area (Å²) in [6.45, 7) is 5.06. The summed E-state index contributed by atoms with van der Waals surface area (Å²) in [5.41, 5.74) is 0.615. The molecule has 2 atom stereocenters. The van der Waals surface area contributed by atoms with Crippen LogP contribution in [0, 0.1) is 17.7 Å². The summed E-state index contributed by atoms with van der Waals surface area (Å²) >= 11 is 0. The molecule has 10 heteroatoms. The van der Waals surface area contributed by atoms with E-state index < -0.39 is 21.7 Å². The molecular formula is C22H23FN4O4S. The highest BCUT2D eigenvalue weighted by atomic mass is 32.2. The molecule has 1 N–H and O–H groups in total. The summed E-state index contributed by atoms with van der Waals surface area (Å²) < 4.78 is 46.2. The molecule has 168 valence electrons. The van der Waals surface area contributed by atoms with Crippen LogP contribution in [0.25, 0.3) is 11.5 Å². The van der Waals surface area contributed by atoms with Crippen molar-refractivity contribution in [2.45, 2.75) is 25.2 Å². The summed E-state index contributed by atoms with van der Waals surface area (Å²) in [4.78, 5) is 12.6. The number of halogens is 1. The Morgan fingerprint density at radius 3 is 2.44 bits per heavy atom. The highest BCUT2D eigenvalue weighted by molar-refractivity contribution is 7.89. The minimum Gasteiger partial charge on any atom is -0.403 e. The maximum atomic E-state index is 13.4. The Morgan fingerprint density at radius 1 is 1.09 bits per heavy atom. The van der Waals surface area contributed by atoms with Crippen molar-refractivity contribution in [1.82, 2.24) is 14.5 Å². The van der Waals surface area contributed by atoms with Crippen LogP contribution < -0.4 is 5.32 Å². The smallest absolute Gasteiger partial charge is 0.322 e. The van der Waals surface area contributed by atoms with E-state index in [1.807, 2.05) is 13.8 Å². The number of carbonyl (C=O) groups is 1. The maximum absolute atomic E-state index is 13.4. The zero-order chi connectivity index (χ0) is 22.9. The first-order valence-corrected chi connectivity index (χ1v) is 11.7. The molecule has 2 aromatic carbocycles. The quantitative estimate of drug-likeness (QED) is 0.624. The second kappa shape index (κ2) is 8.79. The largest absolute Gasteiger partial charge is 0.403 e. The number of carbonyl (C=O) groups excluding carboxylic acids is 1. The molecule has 1 fully saturated rings.